The maximum absolute atomic E-state index is 12.6. The van der Waals surface area contributed by atoms with Crippen molar-refractivity contribution in [1.29, 1.82) is 0 Å². The Hall–Kier alpha value is -2.86. The highest BCUT2D eigenvalue weighted by Gasteiger charge is 2.20. The first-order valence-corrected chi connectivity index (χ1v) is 9.46. The van der Waals surface area contributed by atoms with Gasteiger partial charge in [0.2, 0.25) is 0 Å². The van der Waals surface area contributed by atoms with Crippen molar-refractivity contribution in [2.24, 2.45) is 0 Å². The average molecular weight is 382 g/mol. The summed E-state index contributed by atoms with van der Waals surface area (Å²) in [5.74, 6) is -0.239. The molecule has 1 aliphatic heterocycles. The van der Waals surface area contributed by atoms with E-state index in [1.807, 2.05) is 30.3 Å². The first-order chi connectivity index (χ1) is 13.5. The number of carbonyl (C=O) groups excluding carboxylic acids is 2. The Morgan fingerprint density at radius 3 is 2.36 bits per heavy atom. The lowest BCUT2D eigenvalue weighted by Crippen LogP contribution is -2.37. The number of esters is 1. The monoisotopic (exact) mass is 382 g/mol. The summed E-state index contributed by atoms with van der Waals surface area (Å²) in [5.41, 5.74) is 3.52. The van der Waals surface area contributed by atoms with Gasteiger partial charge in [0, 0.05) is 24.3 Å². The summed E-state index contributed by atoms with van der Waals surface area (Å²) >= 11 is 0. The van der Waals surface area contributed by atoms with E-state index < -0.39 is 5.97 Å². The van der Waals surface area contributed by atoms with Crippen molar-refractivity contribution < 1.29 is 19.1 Å². The number of anilines is 2. The van der Waals surface area contributed by atoms with Crippen LogP contribution in [0.3, 0.4) is 0 Å². The summed E-state index contributed by atoms with van der Waals surface area (Å²) in [5, 5.41) is 2.87. The van der Waals surface area contributed by atoms with Gasteiger partial charge in [-0.2, -0.15) is 0 Å². The smallest absolute Gasteiger partial charge is 0.340 e. The number of hydrogen-bond donors (Lipinski definition) is 1. The zero-order chi connectivity index (χ0) is 20.1. The Balaban J connectivity index is 1.81. The lowest BCUT2D eigenvalue weighted by atomic mass is 10.0. The van der Waals surface area contributed by atoms with Gasteiger partial charge in [-0.15, -0.1) is 0 Å². The molecule has 1 aliphatic rings. The fourth-order valence-corrected chi connectivity index (χ4v) is 3.19. The molecule has 2 aromatic carbocycles. The van der Waals surface area contributed by atoms with E-state index in [0.29, 0.717) is 49.0 Å². The van der Waals surface area contributed by atoms with Crippen LogP contribution >= 0.6 is 0 Å². The highest BCUT2D eigenvalue weighted by Crippen LogP contribution is 2.26. The van der Waals surface area contributed by atoms with Gasteiger partial charge in [-0.1, -0.05) is 26.0 Å². The topological polar surface area (TPSA) is 67.9 Å². The number of carbonyl (C=O) groups is 2. The van der Waals surface area contributed by atoms with Crippen LogP contribution in [0.5, 0.6) is 0 Å². The number of nitrogens with one attached hydrogen (secondary N) is 1. The van der Waals surface area contributed by atoms with E-state index in [4.69, 9.17) is 9.47 Å². The lowest BCUT2D eigenvalue weighted by Gasteiger charge is -2.30. The van der Waals surface area contributed by atoms with Crippen LogP contribution in [0.2, 0.25) is 0 Å². The number of morpholine rings is 1. The predicted molar refractivity (Wildman–Crippen MR) is 109 cm³/mol. The number of methoxy groups -OCH3 is 1. The van der Waals surface area contributed by atoms with Crippen molar-refractivity contribution in [3.05, 3.63) is 59.2 Å². The van der Waals surface area contributed by atoms with Crippen LogP contribution < -0.4 is 10.2 Å². The zero-order valence-electron chi connectivity index (χ0n) is 16.5. The summed E-state index contributed by atoms with van der Waals surface area (Å²) in [6.45, 7) is 6.87. The maximum Gasteiger partial charge on any atom is 0.340 e. The van der Waals surface area contributed by atoms with Gasteiger partial charge < -0.3 is 19.7 Å². The zero-order valence-corrected chi connectivity index (χ0v) is 16.5. The average Bonchev–Trinajstić information content (AvgIpc) is 2.73. The molecule has 0 atom stereocenters. The highest BCUT2D eigenvalue weighted by molar-refractivity contribution is 6.05. The number of ether oxygens (including phenoxy) is 2. The van der Waals surface area contributed by atoms with E-state index >= 15 is 0 Å². The molecule has 0 bridgehead atoms. The molecule has 1 N–H and O–H groups in total. The maximum atomic E-state index is 12.6. The van der Waals surface area contributed by atoms with E-state index in [0.717, 1.165) is 5.69 Å². The third kappa shape index (κ3) is 4.51. The van der Waals surface area contributed by atoms with Crippen molar-refractivity contribution in [2.75, 3.05) is 43.6 Å². The Kier molecular flexibility index (Phi) is 6.31. The molecule has 1 heterocycles. The summed E-state index contributed by atoms with van der Waals surface area (Å²) < 4.78 is 10.3. The third-order valence-electron chi connectivity index (χ3n) is 4.85. The van der Waals surface area contributed by atoms with Crippen molar-refractivity contribution in [3.8, 4) is 0 Å². The minimum atomic E-state index is -0.432. The van der Waals surface area contributed by atoms with Gasteiger partial charge in [-0.25, -0.2) is 4.79 Å². The van der Waals surface area contributed by atoms with E-state index in [9.17, 15) is 9.59 Å². The summed E-state index contributed by atoms with van der Waals surface area (Å²) in [7, 11) is 1.35. The van der Waals surface area contributed by atoms with Gasteiger partial charge in [-0.05, 0) is 41.8 Å². The number of amides is 1. The first-order valence-electron chi connectivity index (χ1n) is 9.46. The molecule has 148 valence electrons. The Morgan fingerprint density at radius 2 is 1.75 bits per heavy atom. The van der Waals surface area contributed by atoms with Crippen LogP contribution in [0.15, 0.2) is 42.5 Å². The molecule has 1 fully saturated rings. The molecule has 3 rings (SSSR count). The van der Waals surface area contributed by atoms with Crippen LogP contribution in [-0.4, -0.2) is 45.3 Å². The van der Waals surface area contributed by atoms with Gasteiger partial charge in [-0.3, -0.25) is 4.79 Å². The molecule has 1 amide bonds. The summed E-state index contributed by atoms with van der Waals surface area (Å²) in [6, 6.07) is 12.9. The minimum absolute atomic E-state index is 0.217. The molecule has 2 aromatic rings. The van der Waals surface area contributed by atoms with Crippen LogP contribution in [0, 0.1) is 0 Å². The van der Waals surface area contributed by atoms with Gasteiger partial charge in [0.1, 0.15) is 0 Å². The van der Waals surface area contributed by atoms with Crippen molar-refractivity contribution >= 4 is 23.3 Å². The second-order valence-electron chi connectivity index (χ2n) is 7.05. The molecule has 0 saturated carbocycles. The summed E-state index contributed by atoms with van der Waals surface area (Å²) in [6.07, 6.45) is 0. The number of rotatable bonds is 5. The Labute approximate surface area is 165 Å². The SMILES string of the molecule is COC(=O)c1cc(NC(=O)c2ccc(C(C)C)cc2)ccc1N1CCOCC1. The van der Waals surface area contributed by atoms with Gasteiger partial charge >= 0.3 is 5.97 Å². The van der Waals surface area contributed by atoms with Gasteiger partial charge in [0.05, 0.1) is 31.6 Å². The molecular formula is C22H26N2O4. The molecule has 28 heavy (non-hydrogen) atoms. The lowest BCUT2D eigenvalue weighted by molar-refractivity contribution is 0.0600. The Morgan fingerprint density at radius 1 is 1.07 bits per heavy atom. The largest absolute Gasteiger partial charge is 0.465 e. The molecular weight excluding hydrogens is 356 g/mol. The highest BCUT2D eigenvalue weighted by atomic mass is 16.5. The third-order valence-corrected chi connectivity index (χ3v) is 4.85. The van der Waals surface area contributed by atoms with Crippen LogP contribution in [0.1, 0.15) is 46.0 Å². The second kappa shape index (κ2) is 8.89. The molecule has 0 aliphatic carbocycles. The van der Waals surface area contributed by atoms with E-state index in [1.165, 1.54) is 12.7 Å². The molecule has 0 aromatic heterocycles. The van der Waals surface area contributed by atoms with Crippen LogP contribution in [-0.2, 0) is 9.47 Å². The fraction of sp³-hybridized carbons (Fsp3) is 0.364. The number of hydrogen-bond acceptors (Lipinski definition) is 5. The normalized spacial score (nSPS) is 14.1. The molecule has 0 radical (unpaired) electrons. The van der Waals surface area contributed by atoms with Gasteiger partial charge in [0.25, 0.3) is 5.91 Å². The van der Waals surface area contributed by atoms with Crippen molar-refractivity contribution in [1.82, 2.24) is 0 Å². The van der Waals surface area contributed by atoms with E-state index in [2.05, 4.69) is 24.1 Å². The Bertz CT molecular complexity index is 840. The second-order valence-corrected chi connectivity index (χ2v) is 7.05. The van der Waals surface area contributed by atoms with E-state index in [-0.39, 0.29) is 5.91 Å². The van der Waals surface area contributed by atoms with Gasteiger partial charge in [0.15, 0.2) is 0 Å². The molecule has 6 nitrogen and oxygen atoms in total. The van der Waals surface area contributed by atoms with Crippen molar-refractivity contribution in [3.63, 3.8) is 0 Å². The van der Waals surface area contributed by atoms with Crippen LogP contribution in [0.25, 0.3) is 0 Å². The predicted octanol–water partition coefficient (Wildman–Crippen LogP) is 3.69. The first kappa shape index (κ1) is 19.9. The minimum Gasteiger partial charge on any atom is -0.465 e. The van der Waals surface area contributed by atoms with E-state index in [1.54, 1.807) is 12.1 Å². The molecule has 6 heteroatoms. The standard InChI is InChI=1S/C22H26N2O4/c1-15(2)16-4-6-17(7-5-16)21(25)23-18-8-9-20(19(14-18)22(26)27-3)24-10-12-28-13-11-24/h4-9,14-15H,10-13H2,1-3H3,(H,23,25). The van der Waals surface area contributed by atoms with Crippen LogP contribution in [0.4, 0.5) is 11.4 Å². The fourth-order valence-electron chi connectivity index (χ4n) is 3.19. The molecule has 1 saturated heterocycles. The summed E-state index contributed by atoms with van der Waals surface area (Å²) in [4.78, 5) is 27.0. The number of benzene rings is 2. The molecule has 0 spiro atoms. The number of nitrogens with zero attached hydrogens (tertiary/aromatic N) is 1. The van der Waals surface area contributed by atoms with Crippen molar-refractivity contribution in [2.45, 2.75) is 19.8 Å². The molecule has 0 unspecified atom stereocenters. The quantitative estimate of drug-likeness (QED) is 0.799.